The van der Waals surface area contributed by atoms with Crippen molar-refractivity contribution < 1.29 is 13.9 Å². The number of carbonyl (C=O) groups is 1. The summed E-state index contributed by atoms with van der Waals surface area (Å²) in [4.78, 5) is 12.6. The normalized spacial score (nSPS) is 18.8. The SMILES string of the molecule is COCC1(CNC(=O)Cc2coc3cc4c(cc23)CCC4)CCNCC1. The van der Waals surface area contributed by atoms with E-state index < -0.39 is 0 Å². The van der Waals surface area contributed by atoms with E-state index in [1.165, 1.54) is 17.5 Å². The van der Waals surface area contributed by atoms with E-state index in [4.69, 9.17) is 9.15 Å². The van der Waals surface area contributed by atoms with Crippen molar-refractivity contribution in [2.75, 3.05) is 33.4 Å². The summed E-state index contributed by atoms with van der Waals surface area (Å²) in [7, 11) is 1.74. The Kier molecular flexibility index (Phi) is 5.00. The number of fused-ring (bicyclic) bond motifs is 2. The van der Waals surface area contributed by atoms with Gasteiger partial charge in [0.25, 0.3) is 0 Å². The van der Waals surface area contributed by atoms with Gasteiger partial charge in [-0.25, -0.2) is 0 Å². The van der Waals surface area contributed by atoms with Crippen molar-refractivity contribution in [2.45, 2.75) is 38.5 Å². The summed E-state index contributed by atoms with van der Waals surface area (Å²) >= 11 is 0. The van der Waals surface area contributed by atoms with Crippen molar-refractivity contribution in [3.05, 3.63) is 35.1 Å². The highest BCUT2D eigenvalue weighted by Gasteiger charge is 2.32. The monoisotopic (exact) mass is 356 g/mol. The third-order valence-electron chi connectivity index (χ3n) is 5.99. The summed E-state index contributed by atoms with van der Waals surface area (Å²) < 4.78 is 11.1. The van der Waals surface area contributed by atoms with E-state index in [9.17, 15) is 4.79 Å². The standard InChI is InChI=1S/C21H28N2O3/c1-25-14-21(5-7-22-8-6-21)13-23-20(24)11-17-12-26-19-10-16-4-2-3-15(16)9-18(17)19/h9-10,12,22H,2-8,11,13-14H2,1H3,(H,23,24). The minimum absolute atomic E-state index is 0.0505. The van der Waals surface area contributed by atoms with Crippen molar-refractivity contribution in [3.63, 3.8) is 0 Å². The molecule has 0 bridgehead atoms. The number of piperidine rings is 1. The molecule has 0 spiro atoms. The van der Waals surface area contributed by atoms with E-state index >= 15 is 0 Å². The van der Waals surface area contributed by atoms with Gasteiger partial charge in [-0.15, -0.1) is 0 Å². The first kappa shape index (κ1) is 17.6. The van der Waals surface area contributed by atoms with Crippen LogP contribution in [0.5, 0.6) is 0 Å². The molecule has 1 saturated heterocycles. The molecule has 0 atom stereocenters. The average Bonchev–Trinajstić information content (AvgIpc) is 3.26. The van der Waals surface area contributed by atoms with Gasteiger partial charge >= 0.3 is 0 Å². The first-order valence-electron chi connectivity index (χ1n) is 9.67. The fraction of sp³-hybridized carbons (Fsp3) is 0.571. The highest BCUT2D eigenvalue weighted by molar-refractivity contribution is 5.88. The fourth-order valence-corrected chi connectivity index (χ4v) is 4.44. The van der Waals surface area contributed by atoms with E-state index in [1.54, 1.807) is 13.4 Å². The van der Waals surface area contributed by atoms with Crippen LogP contribution in [0.15, 0.2) is 22.8 Å². The van der Waals surface area contributed by atoms with Crippen molar-refractivity contribution >= 4 is 16.9 Å². The molecular weight excluding hydrogens is 328 g/mol. The number of carbonyl (C=O) groups excluding carboxylic acids is 1. The van der Waals surface area contributed by atoms with Crippen LogP contribution in [0, 0.1) is 5.41 Å². The van der Waals surface area contributed by atoms with Gasteiger partial charge < -0.3 is 19.8 Å². The average molecular weight is 356 g/mol. The number of furan rings is 1. The topological polar surface area (TPSA) is 63.5 Å². The first-order chi connectivity index (χ1) is 12.7. The Morgan fingerprint density at radius 3 is 2.81 bits per heavy atom. The maximum Gasteiger partial charge on any atom is 0.224 e. The molecule has 2 N–H and O–H groups in total. The molecule has 0 radical (unpaired) electrons. The predicted octanol–water partition coefficient (Wildman–Crippen LogP) is 2.60. The molecule has 26 heavy (non-hydrogen) atoms. The lowest BCUT2D eigenvalue weighted by Crippen LogP contribution is -2.47. The third kappa shape index (κ3) is 3.51. The Balaban J connectivity index is 1.42. The van der Waals surface area contributed by atoms with Crippen molar-refractivity contribution in [1.29, 1.82) is 0 Å². The number of amides is 1. The molecule has 5 heteroatoms. The van der Waals surface area contributed by atoms with E-state index in [-0.39, 0.29) is 11.3 Å². The molecule has 1 aliphatic carbocycles. The van der Waals surface area contributed by atoms with Gasteiger partial charge in [0.15, 0.2) is 0 Å². The van der Waals surface area contributed by atoms with Gasteiger partial charge in [0.05, 0.1) is 19.3 Å². The van der Waals surface area contributed by atoms with Crippen molar-refractivity contribution in [3.8, 4) is 0 Å². The van der Waals surface area contributed by atoms with Crippen molar-refractivity contribution in [2.24, 2.45) is 5.41 Å². The quantitative estimate of drug-likeness (QED) is 0.835. The van der Waals surface area contributed by atoms with Crippen LogP contribution in [0.4, 0.5) is 0 Å². The number of aryl methyl sites for hydroxylation is 2. The Morgan fingerprint density at radius 2 is 2.04 bits per heavy atom. The largest absolute Gasteiger partial charge is 0.464 e. The van der Waals surface area contributed by atoms with Crippen LogP contribution in [0.2, 0.25) is 0 Å². The number of benzene rings is 1. The summed E-state index contributed by atoms with van der Waals surface area (Å²) in [6.45, 7) is 3.33. The molecule has 1 amide bonds. The van der Waals surface area contributed by atoms with E-state index in [1.807, 2.05) is 0 Å². The molecule has 2 aliphatic rings. The van der Waals surface area contributed by atoms with Crippen LogP contribution in [0.25, 0.3) is 11.0 Å². The molecule has 2 aromatic rings. The summed E-state index contributed by atoms with van der Waals surface area (Å²) in [5, 5.41) is 7.62. The Labute approximate surface area is 154 Å². The molecule has 2 heterocycles. The number of rotatable bonds is 6. The zero-order valence-corrected chi connectivity index (χ0v) is 15.5. The minimum atomic E-state index is 0.0505. The molecular formula is C21H28N2O3. The third-order valence-corrected chi connectivity index (χ3v) is 5.99. The van der Waals surface area contributed by atoms with Crippen LogP contribution >= 0.6 is 0 Å². The van der Waals surface area contributed by atoms with Crippen LogP contribution in [0.3, 0.4) is 0 Å². The summed E-state index contributed by atoms with van der Waals surface area (Å²) in [5.74, 6) is 0.0576. The molecule has 0 saturated carbocycles. The Bertz CT molecular complexity index is 784. The van der Waals surface area contributed by atoms with Crippen molar-refractivity contribution in [1.82, 2.24) is 10.6 Å². The van der Waals surface area contributed by atoms with Crippen LogP contribution < -0.4 is 10.6 Å². The van der Waals surface area contributed by atoms with E-state index in [2.05, 4.69) is 22.8 Å². The highest BCUT2D eigenvalue weighted by Crippen LogP contribution is 2.31. The first-order valence-corrected chi connectivity index (χ1v) is 9.67. The van der Waals surface area contributed by atoms with Crippen LogP contribution in [-0.4, -0.2) is 39.3 Å². The van der Waals surface area contributed by atoms with E-state index in [0.29, 0.717) is 19.6 Å². The number of hydrogen-bond acceptors (Lipinski definition) is 4. The molecule has 1 aromatic carbocycles. The molecule has 1 aromatic heterocycles. The molecule has 5 nitrogen and oxygen atoms in total. The van der Waals surface area contributed by atoms with Crippen LogP contribution in [0.1, 0.15) is 36.0 Å². The number of nitrogens with one attached hydrogen (secondary N) is 2. The lowest BCUT2D eigenvalue weighted by Gasteiger charge is -2.37. The van der Waals surface area contributed by atoms with Gasteiger partial charge in [0, 0.05) is 30.0 Å². The molecule has 140 valence electrons. The highest BCUT2D eigenvalue weighted by atomic mass is 16.5. The lowest BCUT2D eigenvalue weighted by molar-refractivity contribution is -0.121. The fourth-order valence-electron chi connectivity index (χ4n) is 4.44. The van der Waals surface area contributed by atoms with Gasteiger partial charge in [0.1, 0.15) is 5.58 Å². The summed E-state index contributed by atoms with van der Waals surface area (Å²) in [6, 6.07) is 4.38. The molecule has 0 unspecified atom stereocenters. The second-order valence-corrected chi connectivity index (χ2v) is 7.87. The summed E-state index contributed by atoms with van der Waals surface area (Å²) in [6.07, 6.45) is 7.66. The second-order valence-electron chi connectivity index (χ2n) is 7.87. The zero-order chi connectivity index (χ0) is 18.0. The van der Waals surface area contributed by atoms with Crippen LogP contribution in [-0.2, 0) is 28.8 Å². The smallest absolute Gasteiger partial charge is 0.224 e. The van der Waals surface area contributed by atoms with E-state index in [0.717, 1.165) is 55.3 Å². The maximum atomic E-state index is 12.6. The zero-order valence-electron chi connectivity index (χ0n) is 15.5. The van der Waals surface area contributed by atoms with Gasteiger partial charge in [0.2, 0.25) is 5.91 Å². The Morgan fingerprint density at radius 1 is 1.27 bits per heavy atom. The number of hydrogen-bond donors (Lipinski definition) is 2. The second kappa shape index (κ2) is 7.41. The Hall–Kier alpha value is -1.85. The molecule has 4 rings (SSSR count). The van der Waals surface area contributed by atoms with Gasteiger partial charge in [-0.05, 0) is 68.5 Å². The lowest BCUT2D eigenvalue weighted by atomic mass is 9.79. The number of ether oxygens (including phenoxy) is 1. The maximum absolute atomic E-state index is 12.6. The van der Waals surface area contributed by atoms with Gasteiger partial charge in [-0.2, -0.15) is 0 Å². The number of methoxy groups -OCH3 is 1. The summed E-state index contributed by atoms with van der Waals surface area (Å²) in [5.41, 5.74) is 4.75. The molecule has 1 aliphatic heterocycles. The van der Waals surface area contributed by atoms with Gasteiger partial charge in [-0.3, -0.25) is 4.79 Å². The minimum Gasteiger partial charge on any atom is -0.464 e. The van der Waals surface area contributed by atoms with Gasteiger partial charge in [-0.1, -0.05) is 0 Å². The molecule has 1 fully saturated rings. The predicted molar refractivity (Wildman–Crippen MR) is 101 cm³/mol.